The highest BCUT2D eigenvalue weighted by molar-refractivity contribution is 7.91. The van der Waals surface area contributed by atoms with E-state index in [0.717, 1.165) is 12.1 Å². The van der Waals surface area contributed by atoms with Gasteiger partial charge in [-0.2, -0.15) is 0 Å². The van der Waals surface area contributed by atoms with Crippen LogP contribution in [0.3, 0.4) is 0 Å². The molecule has 0 atom stereocenters. The number of nitrogens with two attached hydrogens (primary N) is 1. The fourth-order valence-electron chi connectivity index (χ4n) is 1.40. The summed E-state index contributed by atoms with van der Waals surface area (Å²) in [6.07, 6.45) is 0. The third kappa shape index (κ3) is 4.27. The van der Waals surface area contributed by atoms with Crippen molar-refractivity contribution < 1.29 is 17.5 Å². The van der Waals surface area contributed by atoms with Crippen LogP contribution in [0.4, 0.5) is 10.1 Å². The van der Waals surface area contributed by atoms with E-state index in [1.807, 2.05) is 13.8 Å². The molecule has 102 valence electrons. The lowest BCUT2D eigenvalue weighted by atomic mass is 10.2. The van der Waals surface area contributed by atoms with E-state index in [2.05, 4.69) is 0 Å². The molecular weight excluding hydrogens is 257 g/mol. The molecule has 6 heteroatoms. The minimum absolute atomic E-state index is 0.0444. The number of halogens is 1. The van der Waals surface area contributed by atoms with Gasteiger partial charge < -0.3 is 10.5 Å². The Morgan fingerprint density at radius 3 is 2.61 bits per heavy atom. The van der Waals surface area contributed by atoms with Crippen LogP contribution in [0.1, 0.15) is 13.8 Å². The molecule has 0 saturated carbocycles. The molecule has 0 aliphatic heterocycles. The zero-order chi connectivity index (χ0) is 13.8. The highest BCUT2D eigenvalue weighted by Crippen LogP contribution is 2.20. The van der Waals surface area contributed by atoms with Gasteiger partial charge in [-0.05, 0) is 24.1 Å². The fraction of sp³-hybridized carbons (Fsp3) is 0.500. The zero-order valence-electron chi connectivity index (χ0n) is 10.5. The van der Waals surface area contributed by atoms with Gasteiger partial charge in [0.2, 0.25) is 0 Å². The Morgan fingerprint density at radius 1 is 1.39 bits per heavy atom. The Balaban J connectivity index is 2.69. The van der Waals surface area contributed by atoms with Gasteiger partial charge in [-0.1, -0.05) is 13.8 Å². The summed E-state index contributed by atoms with van der Waals surface area (Å²) in [5.74, 6) is -0.360. The van der Waals surface area contributed by atoms with Crippen LogP contribution in [0.25, 0.3) is 0 Å². The largest absolute Gasteiger partial charge is 0.398 e. The molecule has 18 heavy (non-hydrogen) atoms. The van der Waals surface area contributed by atoms with Gasteiger partial charge in [0.1, 0.15) is 5.82 Å². The lowest BCUT2D eigenvalue weighted by molar-refractivity contribution is 0.123. The lowest BCUT2D eigenvalue weighted by Crippen LogP contribution is -2.15. The molecule has 0 aliphatic rings. The zero-order valence-corrected chi connectivity index (χ0v) is 11.3. The summed E-state index contributed by atoms with van der Waals surface area (Å²) < 4.78 is 41.9. The van der Waals surface area contributed by atoms with Crippen LogP contribution < -0.4 is 5.73 Å². The molecule has 1 rings (SSSR count). The number of nitrogen functional groups attached to an aromatic ring is 1. The van der Waals surface area contributed by atoms with Crippen molar-refractivity contribution in [3.63, 3.8) is 0 Å². The maximum absolute atomic E-state index is 12.8. The Morgan fingerprint density at radius 2 is 2.06 bits per heavy atom. The first-order valence-corrected chi connectivity index (χ1v) is 7.33. The van der Waals surface area contributed by atoms with Gasteiger partial charge in [-0.25, -0.2) is 12.8 Å². The van der Waals surface area contributed by atoms with E-state index in [4.69, 9.17) is 10.5 Å². The van der Waals surface area contributed by atoms with E-state index in [1.165, 1.54) is 6.07 Å². The Bertz CT molecular complexity index is 500. The van der Waals surface area contributed by atoms with E-state index in [9.17, 15) is 12.8 Å². The molecule has 0 aromatic heterocycles. The summed E-state index contributed by atoms with van der Waals surface area (Å²) in [4.78, 5) is -0.0444. The summed E-state index contributed by atoms with van der Waals surface area (Å²) in [5, 5.41) is 0. The molecule has 1 aromatic rings. The third-order valence-corrected chi connectivity index (χ3v) is 4.00. The average Bonchev–Trinajstić information content (AvgIpc) is 2.23. The number of rotatable bonds is 6. The monoisotopic (exact) mass is 275 g/mol. The van der Waals surface area contributed by atoms with Crippen molar-refractivity contribution in [3.8, 4) is 0 Å². The molecule has 0 fully saturated rings. The lowest BCUT2D eigenvalue weighted by Gasteiger charge is -2.09. The van der Waals surface area contributed by atoms with E-state index in [-0.39, 0.29) is 22.9 Å². The summed E-state index contributed by atoms with van der Waals surface area (Å²) in [5.41, 5.74) is 5.43. The van der Waals surface area contributed by atoms with Gasteiger partial charge >= 0.3 is 0 Å². The maximum atomic E-state index is 12.8. The fourth-order valence-corrected chi connectivity index (χ4v) is 2.65. The van der Waals surface area contributed by atoms with Crippen LogP contribution in [0, 0.1) is 11.7 Å². The average molecular weight is 275 g/mol. The molecule has 0 spiro atoms. The van der Waals surface area contributed by atoms with Crippen LogP contribution in [-0.2, 0) is 14.6 Å². The second-order valence-corrected chi connectivity index (χ2v) is 6.55. The van der Waals surface area contributed by atoms with Gasteiger partial charge in [0, 0.05) is 6.61 Å². The van der Waals surface area contributed by atoms with Crippen LogP contribution in [0.15, 0.2) is 23.1 Å². The van der Waals surface area contributed by atoms with E-state index < -0.39 is 15.7 Å². The number of sulfone groups is 1. The van der Waals surface area contributed by atoms with Crippen LogP contribution in [0.2, 0.25) is 0 Å². The Hall–Kier alpha value is -1.14. The minimum Gasteiger partial charge on any atom is -0.398 e. The molecule has 0 radical (unpaired) electrons. The summed E-state index contributed by atoms with van der Waals surface area (Å²) >= 11 is 0. The highest BCUT2D eigenvalue weighted by atomic mass is 32.2. The van der Waals surface area contributed by atoms with E-state index in [0.29, 0.717) is 12.5 Å². The predicted molar refractivity (Wildman–Crippen MR) is 68.5 cm³/mol. The van der Waals surface area contributed by atoms with Gasteiger partial charge in [0.15, 0.2) is 9.84 Å². The molecule has 0 aliphatic carbocycles. The van der Waals surface area contributed by atoms with E-state index in [1.54, 1.807) is 0 Å². The summed E-state index contributed by atoms with van der Waals surface area (Å²) in [6, 6.07) is 3.27. The van der Waals surface area contributed by atoms with Crippen molar-refractivity contribution in [2.45, 2.75) is 18.7 Å². The molecular formula is C12H18FNO3S. The SMILES string of the molecule is CC(C)COCCS(=O)(=O)c1ccc(F)cc1N. The topological polar surface area (TPSA) is 69.4 Å². The molecule has 0 amide bonds. The van der Waals surface area contributed by atoms with Crippen molar-refractivity contribution in [1.29, 1.82) is 0 Å². The first-order chi connectivity index (χ1) is 8.33. The van der Waals surface area contributed by atoms with E-state index >= 15 is 0 Å². The van der Waals surface area contributed by atoms with Crippen LogP contribution in [-0.4, -0.2) is 27.4 Å². The van der Waals surface area contributed by atoms with Crippen molar-refractivity contribution in [1.82, 2.24) is 0 Å². The normalized spacial score (nSPS) is 12.0. The molecule has 4 nitrogen and oxygen atoms in total. The van der Waals surface area contributed by atoms with Gasteiger partial charge in [-0.15, -0.1) is 0 Å². The van der Waals surface area contributed by atoms with Gasteiger partial charge in [0.05, 0.1) is 22.9 Å². The van der Waals surface area contributed by atoms with Crippen LogP contribution >= 0.6 is 0 Å². The Labute approximate surface area is 107 Å². The number of ether oxygens (including phenoxy) is 1. The second-order valence-electron chi connectivity index (χ2n) is 4.47. The Kier molecular flexibility index (Phi) is 5.10. The summed E-state index contributed by atoms with van der Waals surface area (Å²) in [7, 11) is -3.52. The van der Waals surface area contributed by atoms with Crippen molar-refractivity contribution in [3.05, 3.63) is 24.0 Å². The van der Waals surface area contributed by atoms with Crippen LogP contribution in [0.5, 0.6) is 0 Å². The number of benzene rings is 1. The standard InChI is InChI=1S/C12H18FNO3S/c1-9(2)8-17-5-6-18(15,16)12-4-3-10(13)7-11(12)14/h3-4,7,9H,5-6,8,14H2,1-2H3. The summed E-state index contributed by atoms with van der Waals surface area (Å²) in [6.45, 7) is 4.57. The maximum Gasteiger partial charge on any atom is 0.182 e. The predicted octanol–water partition coefficient (Wildman–Crippen LogP) is 1.85. The number of hydrogen-bond donors (Lipinski definition) is 1. The molecule has 2 N–H and O–H groups in total. The van der Waals surface area contributed by atoms with Crippen molar-refractivity contribution >= 4 is 15.5 Å². The smallest absolute Gasteiger partial charge is 0.182 e. The highest BCUT2D eigenvalue weighted by Gasteiger charge is 2.17. The number of hydrogen-bond acceptors (Lipinski definition) is 4. The van der Waals surface area contributed by atoms with Crippen molar-refractivity contribution in [2.24, 2.45) is 5.92 Å². The molecule has 1 aromatic carbocycles. The molecule has 0 bridgehead atoms. The van der Waals surface area contributed by atoms with Crippen molar-refractivity contribution in [2.75, 3.05) is 24.7 Å². The molecule has 0 heterocycles. The van der Waals surface area contributed by atoms with Gasteiger partial charge in [-0.3, -0.25) is 0 Å². The molecule has 0 saturated heterocycles. The van der Waals surface area contributed by atoms with Gasteiger partial charge in [0.25, 0.3) is 0 Å². The second kappa shape index (κ2) is 6.15. The first-order valence-electron chi connectivity index (χ1n) is 5.68. The first kappa shape index (κ1) is 14.9. The third-order valence-electron chi connectivity index (χ3n) is 2.25. The number of anilines is 1. The molecule has 0 unspecified atom stereocenters. The minimum atomic E-state index is -3.52. The quantitative estimate of drug-likeness (QED) is 0.489.